The second kappa shape index (κ2) is 8.33. The van der Waals surface area contributed by atoms with Crippen molar-refractivity contribution in [1.29, 1.82) is 0 Å². The second-order valence-corrected chi connectivity index (χ2v) is 6.52. The Morgan fingerprint density at radius 3 is 2.10 bits per heavy atom. The van der Waals surface area contributed by atoms with Gasteiger partial charge in [-0.3, -0.25) is 0 Å². The number of rotatable bonds is 3. The first-order chi connectivity index (χ1) is 14.0. The molecule has 1 heterocycles. The Hall–Kier alpha value is -3.11. The summed E-state index contributed by atoms with van der Waals surface area (Å²) in [5, 5.41) is 2.57. The van der Waals surface area contributed by atoms with Crippen molar-refractivity contribution in [3.8, 4) is 5.75 Å². The Labute approximate surface area is 167 Å². The molecule has 1 saturated heterocycles. The summed E-state index contributed by atoms with van der Waals surface area (Å²) in [6.45, 7) is 1.23. The fraction of sp³-hybridized carbons (Fsp3) is 0.316. The molecule has 30 heavy (non-hydrogen) atoms. The molecule has 2 aromatic carbocycles. The predicted molar refractivity (Wildman–Crippen MR) is 97.4 cm³/mol. The first-order valence-corrected chi connectivity index (χ1v) is 8.85. The number of alkyl halides is 6. The van der Waals surface area contributed by atoms with Crippen molar-refractivity contribution in [2.75, 3.05) is 36.4 Å². The van der Waals surface area contributed by atoms with Crippen LogP contribution in [0.25, 0.3) is 0 Å². The topological polar surface area (TPSA) is 44.8 Å². The Morgan fingerprint density at radius 1 is 0.900 bits per heavy atom. The van der Waals surface area contributed by atoms with Gasteiger partial charge in [0.25, 0.3) is 0 Å². The molecule has 1 aliphatic rings. The van der Waals surface area contributed by atoms with Crippen LogP contribution in [0.2, 0.25) is 0 Å². The Morgan fingerprint density at radius 2 is 1.53 bits per heavy atom. The van der Waals surface area contributed by atoms with Gasteiger partial charge in [-0.1, -0.05) is 6.07 Å². The number of carbonyl (C=O) groups excluding carboxylic acids is 1. The number of amides is 2. The summed E-state index contributed by atoms with van der Waals surface area (Å²) in [6, 6.07) is 9.24. The summed E-state index contributed by atoms with van der Waals surface area (Å²) in [4.78, 5) is 15.6. The van der Waals surface area contributed by atoms with Crippen LogP contribution in [0.3, 0.4) is 0 Å². The van der Waals surface area contributed by atoms with E-state index in [1.165, 1.54) is 23.1 Å². The monoisotopic (exact) mass is 433 g/mol. The molecule has 2 aromatic rings. The van der Waals surface area contributed by atoms with Crippen molar-refractivity contribution < 1.29 is 35.9 Å². The number of halogens is 6. The van der Waals surface area contributed by atoms with Crippen LogP contribution in [-0.2, 0) is 6.18 Å². The van der Waals surface area contributed by atoms with Crippen molar-refractivity contribution in [3.63, 3.8) is 0 Å². The molecule has 0 aromatic heterocycles. The van der Waals surface area contributed by atoms with Gasteiger partial charge in [-0.25, -0.2) is 4.79 Å². The molecule has 1 N–H and O–H groups in total. The molecule has 0 radical (unpaired) electrons. The van der Waals surface area contributed by atoms with Gasteiger partial charge in [-0.15, -0.1) is 13.2 Å². The van der Waals surface area contributed by atoms with E-state index in [2.05, 4.69) is 10.1 Å². The first kappa shape index (κ1) is 21.6. The van der Waals surface area contributed by atoms with Crippen LogP contribution in [0, 0.1) is 0 Å². The van der Waals surface area contributed by atoms with E-state index in [0.29, 0.717) is 18.8 Å². The third kappa shape index (κ3) is 5.71. The lowest BCUT2D eigenvalue weighted by Crippen LogP contribution is -2.50. The van der Waals surface area contributed by atoms with Crippen LogP contribution in [-0.4, -0.2) is 43.5 Å². The van der Waals surface area contributed by atoms with Crippen molar-refractivity contribution in [3.05, 3.63) is 54.1 Å². The van der Waals surface area contributed by atoms with E-state index in [1.54, 1.807) is 11.0 Å². The van der Waals surface area contributed by atoms with Gasteiger partial charge < -0.3 is 19.9 Å². The van der Waals surface area contributed by atoms with Crippen molar-refractivity contribution in [1.82, 2.24) is 4.90 Å². The number of hydrogen-bond acceptors (Lipinski definition) is 3. The van der Waals surface area contributed by atoms with E-state index in [1.807, 2.05) is 0 Å². The number of ether oxygens (including phenoxy) is 1. The molecule has 0 saturated carbocycles. The van der Waals surface area contributed by atoms with Crippen LogP contribution in [0.4, 0.5) is 42.5 Å². The van der Waals surface area contributed by atoms with Gasteiger partial charge in [0, 0.05) is 37.6 Å². The van der Waals surface area contributed by atoms with Gasteiger partial charge in [0.15, 0.2) is 0 Å². The maximum absolute atomic E-state index is 12.9. The van der Waals surface area contributed by atoms with E-state index >= 15 is 0 Å². The largest absolute Gasteiger partial charge is 0.573 e. The summed E-state index contributed by atoms with van der Waals surface area (Å²) >= 11 is 0. The molecule has 0 bridgehead atoms. The minimum absolute atomic E-state index is 0.275. The molecule has 0 atom stereocenters. The number of anilines is 2. The maximum atomic E-state index is 12.9. The third-order valence-electron chi connectivity index (χ3n) is 4.44. The zero-order valence-electron chi connectivity index (χ0n) is 15.4. The summed E-state index contributed by atoms with van der Waals surface area (Å²) in [5.41, 5.74) is -0.0295. The molecule has 0 unspecified atom stereocenters. The minimum Gasteiger partial charge on any atom is -0.406 e. The highest BCUT2D eigenvalue weighted by molar-refractivity contribution is 5.89. The predicted octanol–water partition coefficient (Wildman–Crippen LogP) is 4.96. The van der Waals surface area contributed by atoms with Gasteiger partial charge in [0.2, 0.25) is 0 Å². The Balaban J connectivity index is 1.54. The zero-order valence-corrected chi connectivity index (χ0v) is 15.4. The lowest BCUT2D eigenvalue weighted by atomic mass is 10.1. The average Bonchev–Trinajstić information content (AvgIpc) is 2.68. The van der Waals surface area contributed by atoms with Crippen LogP contribution >= 0.6 is 0 Å². The highest BCUT2D eigenvalue weighted by atomic mass is 19.4. The number of nitrogens with zero attached hydrogens (tertiary/aromatic N) is 2. The molecule has 162 valence electrons. The summed E-state index contributed by atoms with van der Waals surface area (Å²) in [6.07, 6.45) is -9.23. The van der Waals surface area contributed by atoms with Crippen LogP contribution < -0.4 is 15.0 Å². The number of hydrogen-bond donors (Lipinski definition) is 1. The SMILES string of the molecule is O=C(Nc1ccc(OC(F)(F)F)cc1)N1CCN(c2cccc(C(F)(F)F)c2)CC1. The normalized spacial score (nSPS) is 15.1. The first-order valence-electron chi connectivity index (χ1n) is 8.85. The number of benzene rings is 2. The van der Waals surface area contributed by atoms with Crippen LogP contribution in [0.5, 0.6) is 5.75 Å². The van der Waals surface area contributed by atoms with E-state index in [0.717, 1.165) is 24.3 Å². The highest BCUT2D eigenvalue weighted by Gasteiger charge is 2.32. The zero-order chi connectivity index (χ0) is 21.9. The van der Waals surface area contributed by atoms with E-state index < -0.39 is 29.9 Å². The molecule has 5 nitrogen and oxygen atoms in total. The van der Waals surface area contributed by atoms with Gasteiger partial charge in [0.1, 0.15) is 5.75 Å². The van der Waals surface area contributed by atoms with Gasteiger partial charge in [-0.05, 0) is 42.5 Å². The molecule has 3 rings (SSSR count). The molecule has 1 aliphatic heterocycles. The fourth-order valence-electron chi connectivity index (χ4n) is 2.99. The van der Waals surface area contributed by atoms with Crippen molar-refractivity contribution >= 4 is 17.4 Å². The quantitative estimate of drug-likeness (QED) is 0.697. The van der Waals surface area contributed by atoms with Gasteiger partial charge >= 0.3 is 18.6 Å². The second-order valence-electron chi connectivity index (χ2n) is 6.52. The fourth-order valence-corrected chi connectivity index (χ4v) is 2.99. The van der Waals surface area contributed by atoms with Gasteiger partial charge in [-0.2, -0.15) is 13.2 Å². The average molecular weight is 433 g/mol. The molecule has 1 fully saturated rings. The smallest absolute Gasteiger partial charge is 0.406 e. The number of carbonyl (C=O) groups is 1. The standard InChI is InChI=1S/C19H17F6N3O2/c20-18(21,22)13-2-1-3-15(12-13)27-8-10-28(11-9-27)17(29)26-14-4-6-16(7-5-14)30-19(23,24)25/h1-7,12H,8-11H2,(H,26,29). The van der Waals surface area contributed by atoms with E-state index in [-0.39, 0.29) is 18.8 Å². The lowest BCUT2D eigenvalue weighted by molar-refractivity contribution is -0.274. The van der Waals surface area contributed by atoms with Crippen molar-refractivity contribution in [2.45, 2.75) is 12.5 Å². The minimum atomic E-state index is -4.80. The number of piperazine rings is 1. The molecule has 11 heteroatoms. The summed E-state index contributed by atoms with van der Waals surface area (Å²) in [5.74, 6) is -0.407. The summed E-state index contributed by atoms with van der Waals surface area (Å²) < 4.78 is 78.9. The third-order valence-corrected chi connectivity index (χ3v) is 4.44. The highest BCUT2D eigenvalue weighted by Crippen LogP contribution is 2.32. The molecule has 0 spiro atoms. The molecule has 2 amide bonds. The van der Waals surface area contributed by atoms with Gasteiger partial charge in [0.05, 0.1) is 5.56 Å². The van der Waals surface area contributed by atoms with Crippen molar-refractivity contribution in [2.24, 2.45) is 0 Å². The summed E-state index contributed by atoms with van der Waals surface area (Å²) in [7, 11) is 0. The molecular formula is C19H17F6N3O2. The Kier molecular flexibility index (Phi) is 5.99. The van der Waals surface area contributed by atoms with E-state index in [4.69, 9.17) is 0 Å². The number of nitrogens with one attached hydrogen (secondary N) is 1. The lowest BCUT2D eigenvalue weighted by Gasteiger charge is -2.36. The van der Waals surface area contributed by atoms with Crippen LogP contribution in [0.15, 0.2) is 48.5 Å². The maximum Gasteiger partial charge on any atom is 0.573 e. The molecular weight excluding hydrogens is 416 g/mol. The van der Waals surface area contributed by atoms with E-state index in [9.17, 15) is 31.1 Å². The Bertz CT molecular complexity index is 875. The molecule has 0 aliphatic carbocycles. The van der Waals surface area contributed by atoms with Crippen LogP contribution in [0.1, 0.15) is 5.56 Å². The number of urea groups is 1.